The Hall–Kier alpha value is -2.85. The van der Waals surface area contributed by atoms with Crippen LogP contribution in [0.3, 0.4) is 0 Å². The number of hydrogen-bond acceptors (Lipinski definition) is 2. The van der Waals surface area contributed by atoms with Gasteiger partial charge in [0, 0.05) is 33.0 Å². The van der Waals surface area contributed by atoms with Gasteiger partial charge in [-0.25, -0.2) is 0 Å². The summed E-state index contributed by atoms with van der Waals surface area (Å²) in [4.78, 5) is 19.9. The Morgan fingerprint density at radius 1 is 1.12 bits per heavy atom. The molecule has 0 bridgehead atoms. The molecule has 1 amide bonds. The number of nitrogens with zero attached hydrogens (tertiary/aromatic N) is 1. The molecule has 0 saturated carbocycles. The first-order valence-electron chi connectivity index (χ1n) is 8.03. The van der Waals surface area contributed by atoms with Crippen LogP contribution in [0.5, 0.6) is 0 Å². The first-order chi connectivity index (χ1) is 12.1. The number of benzene rings is 2. The molecule has 1 atom stereocenters. The zero-order valence-electron chi connectivity index (χ0n) is 13.6. The number of rotatable bonds is 3. The van der Waals surface area contributed by atoms with Crippen molar-refractivity contribution >= 4 is 45.0 Å². The van der Waals surface area contributed by atoms with E-state index in [4.69, 9.17) is 11.6 Å². The number of carbonyl (C=O) groups excluding carboxylic acids is 1. The smallest absolute Gasteiger partial charge is 0.231 e. The highest BCUT2D eigenvalue weighted by molar-refractivity contribution is 6.31. The third kappa shape index (κ3) is 2.96. The fraction of sp³-hybridized carbons (Fsp3) is 0.100. The van der Waals surface area contributed by atoms with Crippen molar-refractivity contribution in [3.8, 4) is 0 Å². The van der Waals surface area contributed by atoms with Crippen LogP contribution >= 0.6 is 11.6 Å². The lowest BCUT2D eigenvalue weighted by Gasteiger charge is -2.12. The van der Waals surface area contributed by atoms with Gasteiger partial charge in [0.25, 0.3) is 0 Å². The van der Waals surface area contributed by atoms with Gasteiger partial charge in [-0.1, -0.05) is 23.7 Å². The van der Waals surface area contributed by atoms with Crippen LogP contribution in [0, 0.1) is 0 Å². The summed E-state index contributed by atoms with van der Waals surface area (Å²) in [7, 11) is 0. The van der Waals surface area contributed by atoms with Crippen LogP contribution in [0.1, 0.15) is 18.4 Å². The van der Waals surface area contributed by atoms with E-state index in [1.54, 1.807) is 18.5 Å². The number of pyridine rings is 1. The molecular formula is C20H16ClN3O. The van der Waals surface area contributed by atoms with Crippen molar-refractivity contribution in [3.05, 3.63) is 71.5 Å². The Kier molecular flexibility index (Phi) is 3.90. The molecule has 4 aromatic rings. The van der Waals surface area contributed by atoms with Gasteiger partial charge in [0.1, 0.15) is 0 Å². The third-order valence-corrected chi connectivity index (χ3v) is 4.64. The fourth-order valence-electron chi connectivity index (χ4n) is 3.00. The van der Waals surface area contributed by atoms with E-state index in [-0.39, 0.29) is 11.8 Å². The molecule has 0 fully saturated rings. The Labute approximate surface area is 149 Å². The lowest BCUT2D eigenvalue weighted by Crippen LogP contribution is -2.18. The maximum absolute atomic E-state index is 12.5. The Balaban J connectivity index is 1.66. The predicted molar refractivity (Wildman–Crippen MR) is 102 cm³/mol. The SMILES string of the molecule is C[C@@H](C(=O)Nc1cccnc1)c1ccc2c(c1)[nH]c1ccc(Cl)cc12. The lowest BCUT2D eigenvalue weighted by molar-refractivity contribution is -0.117. The monoisotopic (exact) mass is 349 g/mol. The van der Waals surface area contributed by atoms with Crippen molar-refractivity contribution in [3.63, 3.8) is 0 Å². The first-order valence-corrected chi connectivity index (χ1v) is 8.41. The van der Waals surface area contributed by atoms with Gasteiger partial charge in [-0.05, 0) is 48.9 Å². The van der Waals surface area contributed by atoms with Gasteiger partial charge in [0.15, 0.2) is 0 Å². The van der Waals surface area contributed by atoms with E-state index in [1.165, 1.54) is 0 Å². The number of hydrogen-bond donors (Lipinski definition) is 2. The second-order valence-corrected chi connectivity index (χ2v) is 6.51. The number of amides is 1. The van der Waals surface area contributed by atoms with Crippen molar-refractivity contribution in [2.24, 2.45) is 0 Å². The summed E-state index contributed by atoms with van der Waals surface area (Å²) < 4.78 is 0. The average Bonchev–Trinajstić information content (AvgIpc) is 2.99. The first kappa shape index (κ1) is 15.7. The van der Waals surface area contributed by atoms with Crippen LogP contribution in [0.4, 0.5) is 5.69 Å². The molecule has 0 saturated heterocycles. The van der Waals surface area contributed by atoms with E-state index in [0.717, 1.165) is 27.4 Å². The molecule has 0 unspecified atom stereocenters. The molecule has 4 nitrogen and oxygen atoms in total. The van der Waals surface area contributed by atoms with Crippen molar-refractivity contribution in [1.82, 2.24) is 9.97 Å². The zero-order chi connectivity index (χ0) is 17.4. The number of H-pyrrole nitrogens is 1. The Bertz CT molecular complexity index is 1070. The molecule has 0 radical (unpaired) electrons. The normalized spacial score (nSPS) is 12.4. The second-order valence-electron chi connectivity index (χ2n) is 6.07. The van der Waals surface area contributed by atoms with Crippen molar-refractivity contribution in [2.75, 3.05) is 5.32 Å². The molecule has 0 spiro atoms. The van der Waals surface area contributed by atoms with Crippen LogP contribution in [-0.4, -0.2) is 15.9 Å². The molecule has 2 aromatic carbocycles. The minimum Gasteiger partial charge on any atom is -0.355 e. The van der Waals surface area contributed by atoms with Gasteiger partial charge >= 0.3 is 0 Å². The molecule has 4 rings (SSSR count). The summed E-state index contributed by atoms with van der Waals surface area (Å²) in [6.45, 7) is 1.90. The summed E-state index contributed by atoms with van der Waals surface area (Å²) in [5.74, 6) is -0.342. The largest absolute Gasteiger partial charge is 0.355 e. The quantitative estimate of drug-likeness (QED) is 0.540. The second kappa shape index (κ2) is 6.22. The number of carbonyl (C=O) groups is 1. The summed E-state index contributed by atoms with van der Waals surface area (Å²) in [6.07, 6.45) is 3.31. The van der Waals surface area contributed by atoms with Gasteiger partial charge in [-0.3, -0.25) is 9.78 Å². The van der Waals surface area contributed by atoms with E-state index in [1.807, 2.05) is 49.4 Å². The number of anilines is 1. The summed E-state index contributed by atoms with van der Waals surface area (Å²) in [5, 5.41) is 5.79. The van der Waals surface area contributed by atoms with E-state index in [0.29, 0.717) is 10.7 Å². The van der Waals surface area contributed by atoms with Gasteiger partial charge in [0.2, 0.25) is 5.91 Å². The maximum atomic E-state index is 12.5. The topological polar surface area (TPSA) is 57.8 Å². The Morgan fingerprint density at radius 3 is 2.80 bits per heavy atom. The van der Waals surface area contributed by atoms with Crippen LogP contribution < -0.4 is 5.32 Å². The number of aromatic amines is 1. The van der Waals surface area contributed by atoms with Gasteiger partial charge < -0.3 is 10.3 Å². The number of aromatic nitrogens is 2. The molecule has 5 heteroatoms. The Morgan fingerprint density at radius 2 is 2.00 bits per heavy atom. The molecule has 0 aliphatic rings. The fourth-order valence-corrected chi connectivity index (χ4v) is 3.17. The van der Waals surface area contributed by atoms with Crippen molar-refractivity contribution in [2.45, 2.75) is 12.8 Å². The van der Waals surface area contributed by atoms with Gasteiger partial charge in [-0.15, -0.1) is 0 Å². The number of nitrogens with one attached hydrogen (secondary N) is 2. The van der Waals surface area contributed by atoms with Gasteiger partial charge in [-0.2, -0.15) is 0 Å². The number of halogens is 1. The standard InChI is InChI=1S/C20H16ClN3O/c1-12(20(25)23-15-3-2-8-22-11-15)13-4-6-16-17-10-14(21)5-7-18(17)24-19(16)9-13/h2-12,24H,1H3,(H,23,25)/t12-/m1/s1. The maximum Gasteiger partial charge on any atom is 0.231 e. The summed E-state index contributed by atoms with van der Waals surface area (Å²) in [6, 6.07) is 15.5. The molecule has 0 aliphatic heterocycles. The molecule has 124 valence electrons. The van der Waals surface area contributed by atoms with Crippen LogP contribution in [0.2, 0.25) is 5.02 Å². The van der Waals surface area contributed by atoms with Crippen LogP contribution in [0.25, 0.3) is 21.8 Å². The third-order valence-electron chi connectivity index (χ3n) is 4.41. The average molecular weight is 350 g/mol. The van der Waals surface area contributed by atoms with E-state index >= 15 is 0 Å². The molecule has 2 aromatic heterocycles. The van der Waals surface area contributed by atoms with E-state index in [9.17, 15) is 4.79 Å². The van der Waals surface area contributed by atoms with Gasteiger partial charge in [0.05, 0.1) is 17.8 Å². The lowest BCUT2D eigenvalue weighted by atomic mass is 9.98. The van der Waals surface area contributed by atoms with Crippen molar-refractivity contribution < 1.29 is 4.79 Å². The highest BCUT2D eigenvalue weighted by atomic mass is 35.5. The minimum atomic E-state index is -0.278. The van der Waals surface area contributed by atoms with Crippen LogP contribution in [-0.2, 0) is 4.79 Å². The summed E-state index contributed by atoms with van der Waals surface area (Å²) >= 11 is 6.10. The zero-order valence-corrected chi connectivity index (χ0v) is 14.3. The molecule has 25 heavy (non-hydrogen) atoms. The van der Waals surface area contributed by atoms with E-state index in [2.05, 4.69) is 15.3 Å². The molecule has 0 aliphatic carbocycles. The van der Waals surface area contributed by atoms with Crippen LogP contribution in [0.15, 0.2) is 60.9 Å². The molecule has 2 heterocycles. The molecular weight excluding hydrogens is 334 g/mol. The predicted octanol–water partition coefficient (Wildman–Crippen LogP) is 5.11. The number of fused-ring (bicyclic) bond motifs is 3. The minimum absolute atomic E-state index is 0.0634. The highest BCUT2D eigenvalue weighted by Gasteiger charge is 2.17. The highest BCUT2D eigenvalue weighted by Crippen LogP contribution is 2.30. The van der Waals surface area contributed by atoms with Crippen molar-refractivity contribution in [1.29, 1.82) is 0 Å². The molecule has 2 N–H and O–H groups in total. The summed E-state index contributed by atoms with van der Waals surface area (Å²) in [5.41, 5.74) is 3.67. The van der Waals surface area contributed by atoms with E-state index < -0.39 is 0 Å².